The van der Waals surface area contributed by atoms with E-state index in [1.165, 1.54) is 30.6 Å². The fourth-order valence-corrected chi connectivity index (χ4v) is 3.48. The van der Waals surface area contributed by atoms with E-state index in [0.29, 0.717) is 6.04 Å². The summed E-state index contributed by atoms with van der Waals surface area (Å²) in [5, 5.41) is 4.51. The number of thioether (sulfide) groups is 1. The molecule has 1 N–H and O–H groups in total. The summed E-state index contributed by atoms with van der Waals surface area (Å²) in [6.45, 7) is 7.99. The Morgan fingerprint density at radius 2 is 1.85 bits per heavy atom. The lowest BCUT2D eigenvalue weighted by Gasteiger charge is -2.22. The highest BCUT2D eigenvalue weighted by Crippen LogP contribution is 2.23. The number of hydrogen-bond acceptors (Lipinski definition) is 2. The minimum absolute atomic E-state index is 0.608. The highest BCUT2D eigenvalue weighted by molar-refractivity contribution is 7.99. The van der Waals surface area contributed by atoms with E-state index in [9.17, 15) is 0 Å². The molecule has 0 amide bonds. The zero-order valence-electron chi connectivity index (χ0n) is 13.0. The van der Waals surface area contributed by atoms with Gasteiger partial charge in [0.15, 0.2) is 0 Å². The summed E-state index contributed by atoms with van der Waals surface area (Å²) >= 11 is 7.85. The van der Waals surface area contributed by atoms with Crippen LogP contribution < -0.4 is 5.32 Å². The van der Waals surface area contributed by atoms with Crippen LogP contribution in [0.5, 0.6) is 0 Å². The molecule has 0 spiro atoms. The minimum atomic E-state index is 0.608. The van der Waals surface area contributed by atoms with Crippen LogP contribution in [0.25, 0.3) is 0 Å². The second-order valence-corrected chi connectivity index (χ2v) is 7.08. The van der Waals surface area contributed by atoms with E-state index in [1.54, 1.807) is 0 Å². The van der Waals surface area contributed by atoms with Crippen molar-refractivity contribution in [2.45, 2.75) is 57.4 Å². The molecule has 0 bridgehead atoms. The first-order chi connectivity index (χ1) is 9.65. The highest BCUT2D eigenvalue weighted by Gasteiger charge is 2.12. The molecule has 0 aromatic heterocycles. The maximum Gasteiger partial charge on any atom is 0.0406 e. The van der Waals surface area contributed by atoms with E-state index >= 15 is 0 Å². The molecule has 0 aliphatic heterocycles. The van der Waals surface area contributed by atoms with Gasteiger partial charge in [-0.25, -0.2) is 0 Å². The third kappa shape index (κ3) is 7.56. The van der Waals surface area contributed by atoms with E-state index in [0.717, 1.165) is 23.2 Å². The molecule has 114 valence electrons. The molecule has 20 heavy (non-hydrogen) atoms. The van der Waals surface area contributed by atoms with Gasteiger partial charge in [-0.3, -0.25) is 0 Å². The SMILES string of the molecule is CCCNC(CSc1ccc(Cl)cc1)CC(C)CCC. The van der Waals surface area contributed by atoms with E-state index in [1.807, 2.05) is 23.9 Å². The first-order valence-electron chi connectivity index (χ1n) is 7.77. The lowest BCUT2D eigenvalue weighted by Crippen LogP contribution is -2.33. The second kappa shape index (κ2) is 10.5. The number of benzene rings is 1. The van der Waals surface area contributed by atoms with Crippen LogP contribution in [-0.2, 0) is 0 Å². The minimum Gasteiger partial charge on any atom is -0.313 e. The van der Waals surface area contributed by atoms with Crippen molar-refractivity contribution in [1.82, 2.24) is 5.32 Å². The van der Waals surface area contributed by atoms with Crippen LogP contribution in [0.2, 0.25) is 5.02 Å². The average Bonchev–Trinajstić information content (AvgIpc) is 2.44. The van der Waals surface area contributed by atoms with E-state index in [4.69, 9.17) is 11.6 Å². The first-order valence-corrected chi connectivity index (χ1v) is 9.13. The largest absolute Gasteiger partial charge is 0.313 e. The fraction of sp³-hybridized carbons (Fsp3) is 0.647. The predicted molar refractivity (Wildman–Crippen MR) is 92.9 cm³/mol. The summed E-state index contributed by atoms with van der Waals surface area (Å²) < 4.78 is 0. The smallest absolute Gasteiger partial charge is 0.0406 e. The Morgan fingerprint density at radius 1 is 1.15 bits per heavy atom. The molecule has 0 aliphatic rings. The Balaban J connectivity index is 2.44. The monoisotopic (exact) mass is 313 g/mol. The molecule has 0 saturated carbocycles. The topological polar surface area (TPSA) is 12.0 Å². The van der Waals surface area contributed by atoms with Crippen LogP contribution in [-0.4, -0.2) is 18.3 Å². The summed E-state index contributed by atoms with van der Waals surface area (Å²) in [7, 11) is 0. The van der Waals surface area contributed by atoms with E-state index in [-0.39, 0.29) is 0 Å². The summed E-state index contributed by atoms with van der Waals surface area (Å²) in [6.07, 6.45) is 5.08. The average molecular weight is 314 g/mol. The van der Waals surface area contributed by atoms with Gasteiger partial charge >= 0.3 is 0 Å². The Bertz CT molecular complexity index is 353. The molecule has 2 unspecified atom stereocenters. The van der Waals surface area contributed by atoms with Crippen LogP contribution >= 0.6 is 23.4 Å². The summed E-state index contributed by atoms with van der Waals surface area (Å²) in [6, 6.07) is 8.77. The quantitative estimate of drug-likeness (QED) is 0.562. The Labute approximate surface area is 133 Å². The molecule has 0 fully saturated rings. The Morgan fingerprint density at radius 3 is 2.45 bits per heavy atom. The standard InChI is InChI=1S/C17H28ClNS/c1-4-6-14(3)12-16(19-11-5-2)13-20-17-9-7-15(18)8-10-17/h7-10,14,16,19H,4-6,11-13H2,1-3H3. The molecule has 0 heterocycles. The van der Waals surface area contributed by atoms with Crippen molar-refractivity contribution in [3.05, 3.63) is 29.3 Å². The molecule has 1 aromatic rings. The van der Waals surface area contributed by atoms with Crippen LogP contribution in [0, 0.1) is 5.92 Å². The Kier molecular flexibility index (Phi) is 9.41. The van der Waals surface area contributed by atoms with Gasteiger partial charge in [0.25, 0.3) is 0 Å². The molecule has 0 radical (unpaired) electrons. The highest BCUT2D eigenvalue weighted by atomic mass is 35.5. The van der Waals surface area contributed by atoms with Gasteiger partial charge in [0.2, 0.25) is 0 Å². The van der Waals surface area contributed by atoms with Gasteiger partial charge in [-0.1, -0.05) is 45.2 Å². The number of hydrogen-bond donors (Lipinski definition) is 1. The molecule has 1 nitrogen and oxygen atoms in total. The summed E-state index contributed by atoms with van der Waals surface area (Å²) in [5.74, 6) is 1.94. The third-order valence-electron chi connectivity index (χ3n) is 3.42. The second-order valence-electron chi connectivity index (χ2n) is 5.55. The van der Waals surface area contributed by atoms with Crippen molar-refractivity contribution in [3.63, 3.8) is 0 Å². The van der Waals surface area contributed by atoms with Gasteiger partial charge in [-0.15, -0.1) is 11.8 Å². The molecular formula is C17H28ClNS. The number of nitrogens with one attached hydrogen (secondary N) is 1. The number of rotatable bonds is 10. The maximum atomic E-state index is 5.92. The van der Waals surface area contributed by atoms with Crippen LogP contribution in [0.3, 0.4) is 0 Å². The van der Waals surface area contributed by atoms with Crippen molar-refractivity contribution in [1.29, 1.82) is 0 Å². The van der Waals surface area contributed by atoms with Crippen molar-refractivity contribution >= 4 is 23.4 Å². The normalized spacial score (nSPS) is 14.2. The molecule has 2 atom stereocenters. The van der Waals surface area contributed by atoms with Crippen molar-refractivity contribution in [2.75, 3.05) is 12.3 Å². The molecule has 3 heteroatoms. The third-order valence-corrected chi connectivity index (χ3v) is 4.84. The summed E-state index contributed by atoms with van der Waals surface area (Å²) in [4.78, 5) is 1.31. The van der Waals surface area contributed by atoms with Gasteiger partial charge in [-0.05, 0) is 49.6 Å². The Hall–Kier alpha value is -0.180. The van der Waals surface area contributed by atoms with Crippen molar-refractivity contribution < 1.29 is 0 Å². The molecule has 1 aromatic carbocycles. The van der Waals surface area contributed by atoms with Crippen LogP contribution in [0.4, 0.5) is 0 Å². The van der Waals surface area contributed by atoms with Gasteiger partial charge < -0.3 is 5.32 Å². The van der Waals surface area contributed by atoms with E-state index in [2.05, 4.69) is 38.2 Å². The molecule has 1 rings (SSSR count). The fourth-order valence-electron chi connectivity index (χ4n) is 2.38. The number of halogens is 1. The van der Waals surface area contributed by atoms with Crippen molar-refractivity contribution in [2.24, 2.45) is 5.92 Å². The van der Waals surface area contributed by atoms with Crippen molar-refractivity contribution in [3.8, 4) is 0 Å². The van der Waals surface area contributed by atoms with Crippen LogP contribution in [0.15, 0.2) is 29.2 Å². The first kappa shape index (κ1) is 17.9. The van der Waals surface area contributed by atoms with Gasteiger partial charge in [0.05, 0.1) is 0 Å². The van der Waals surface area contributed by atoms with E-state index < -0.39 is 0 Å². The van der Waals surface area contributed by atoms with Crippen LogP contribution in [0.1, 0.15) is 46.5 Å². The van der Waals surface area contributed by atoms with Gasteiger partial charge in [0, 0.05) is 21.7 Å². The molecular weight excluding hydrogens is 286 g/mol. The lowest BCUT2D eigenvalue weighted by molar-refractivity contribution is 0.404. The van der Waals surface area contributed by atoms with Gasteiger partial charge in [-0.2, -0.15) is 0 Å². The zero-order valence-corrected chi connectivity index (χ0v) is 14.6. The molecule has 0 saturated heterocycles. The zero-order chi connectivity index (χ0) is 14.8. The maximum absolute atomic E-state index is 5.92. The predicted octanol–water partition coefficient (Wildman–Crippen LogP) is 5.63. The van der Waals surface area contributed by atoms with Gasteiger partial charge in [0.1, 0.15) is 0 Å². The summed E-state index contributed by atoms with van der Waals surface area (Å²) in [5.41, 5.74) is 0. The molecule has 0 aliphatic carbocycles. The lowest BCUT2D eigenvalue weighted by atomic mass is 9.98.